The molecule has 2 N–H and O–H groups in total. The molecule has 0 saturated heterocycles. The van der Waals surface area contributed by atoms with E-state index in [1.807, 2.05) is 64.1 Å². The molecule has 0 spiro atoms. The van der Waals surface area contributed by atoms with Crippen molar-refractivity contribution >= 4 is 37.7 Å². The molecular formula is C27H39NO8Si. The van der Waals surface area contributed by atoms with Crippen LogP contribution in [0.25, 0.3) is 16.8 Å². The van der Waals surface area contributed by atoms with Crippen LogP contribution in [0.2, 0.25) is 0 Å². The van der Waals surface area contributed by atoms with Crippen molar-refractivity contribution in [2.24, 2.45) is 0 Å². The summed E-state index contributed by atoms with van der Waals surface area (Å²) in [5.41, 5.74) is 0.407. The van der Waals surface area contributed by atoms with Gasteiger partial charge in [-0.15, -0.1) is 0 Å². The summed E-state index contributed by atoms with van der Waals surface area (Å²) in [4.78, 5) is 23.3. The molecule has 2 rings (SSSR count). The lowest BCUT2D eigenvalue weighted by Crippen LogP contribution is -2.62. The Bertz CT molecular complexity index is 1010. The van der Waals surface area contributed by atoms with Gasteiger partial charge in [0.25, 0.3) is 0 Å². The molecule has 10 heteroatoms. The summed E-state index contributed by atoms with van der Waals surface area (Å²) in [5.74, 6) is -0.276. The maximum Gasteiger partial charge on any atom is 0.524 e. The summed E-state index contributed by atoms with van der Waals surface area (Å²) in [7, 11) is -3.09. The normalized spacial score (nSPS) is 12.5. The van der Waals surface area contributed by atoms with E-state index in [-0.39, 0.29) is 6.61 Å². The highest BCUT2D eigenvalue weighted by Gasteiger charge is 2.49. The van der Waals surface area contributed by atoms with E-state index in [4.69, 9.17) is 27.9 Å². The molecule has 2 aromatic rings. The van der Waals surface area contributed by atoms with Crippen molar-refractivity contribution in [2.75, 3.05) is 33.0 Å². The number of hydrogen-bond acceptors (Lipinski definition) is 7. The molecule has 0 radical (unpaired) electrons. The Hall–Kier alpha value is -2.92. The summed E-state index contributed by atoms with van der Waals surface area (Å²) >= 11 is 0. The van der Waals surface area contributed by atoms with E-state index in [2.05, 4.69) is 5.32 Å². The van der Waals surface area contributed by atoms with Gasteiger partial charge in [0.15, 0.2) is 0 Å². The highest BCUT2D eigenvalue weighted by Crippen LogP contribution is 2.29. The predicted molar refractivity (Wildman–Crippen MR) is 145 cm³/mol. The number of fused-ring (bicyclic) bond motifs is 1. The zero-order chi connectivity index (χ0) is 27.1. The molecule has 0 aliphatic rings. The number of alkyl carbamates (subject to hydrolysis) is 1. The van der Waals surface area contributed by atoms with Gasteiger partial charge in [0.2, 0.25) is 0 Å². The molecule has 0 fully saturated rings. The number of ether oxygens (including phenoxy) is 2. The number of carboxylic acid groups (broad SMARTS) is 1. The lowest BCUT2D eigenvalue weighted by Gasteiger charge is -2.34. The van der Waals surface area contributed by atoms with Crippen LogP contribution in [0.1, 0.15) is 52.5 Å². The average molecular weight is 534 g/mol. The van der Waals surface area contributed by atoms with Crippen molar-refractivity contribution in [1.29, 1.82) is 0 Å². The van der Waals surface area contributed by atoms with Crippen LogP contribution in [0.15, 0.2) is 42.5 Å². The van der Waals surface area contributed by atoms with Crippen LogP contribution in [0.4, 0.5) is 4.79 Å². The molecule has 0 aliphatic heterocycles. The van der Waals surface area contributed by atoms with E-state index in [9.17, 15) is 9.59 Å². The lowest BCUT2D eigenvalue weighted by atomic mass is 10.0. The lowest BCUT2D eigenvalue weighted by molar-refractivity contribution is -0.131. The van der Waals surface area contributed by atoms with Gasteiger partial charge in [0.05, 0.1) is 13.2 Å². The number of aliphatic carboxylic acids is 1. The summed E-state index contributed by atoms with van der Waals surface area (Å²) in [6.07, 6.45) is 4.08. The third-order valence-corrected chi connectivity index (χ3v) is 9.00. The average Bonchev–Trinajstić information content (AvgIpc) is 2.88. The molecule has 0 bridgehead atoms. The predicted octanol–water partition coefficient (Wildman–Crippen LogP) is 5.19. The van der Waals surface area contributed by atoms with Gasteiger partial charge >= 0.3 is 20.9 Å². The SMILES string of the molecule is CCO[Si](OCC)(OCC)C(CC)NC(=O)OCCCCOc1ccc(/C=C/C(=O)O)c2ccccc12. The van der Waals surface area contributed by atoms with E-state index in [1.54, 1.807) is 6.08 Å². The molecule has 1 unspecified atom stereocenters. The quantitative estimate of drug-likeness (QED) is 0.162. The summed E-state index contributed by atoms with van der Waals surface area (Å²) in [6, 6.07) is 11.4. The van der Waals surface area contributed by atoms with Crippen LogP contribution in [0.3, 0.4) is 0 Å². The van der Waals surface area contributed by atoms with Crippen molar-refractivity contribution in [1.82, 2.24) is 5.32 Å². The molecule has 0 aliphatic carbocycles. The molecule has 0 aromatic heterocycles. The fourth-order valence-corrected chi connectivity index (χ4v) is 6.79. The Morgan fingerprint density at radius 3 is 2.14 bits per heavy atom. The fourth-order valence-electron chi connectivity index (χ4n) is 3.93. The minimum atomic E-state index is -3.09. The van der Waals surface area contributed by atoms with Crippen molar-refractivity contribution < 1.29 is 37.4 Å². The standard InChI is InChI=1S/C27H39NO8Si/c1-5-25(37(34-6-2,35-7-3)36-8-4)28-27(31)33-20-12-11-19-32-24-17-15-21(16-18-26(29)30)22-13-9-10-14-23(22)24/h9-10,13-18,25H,5-8,11-12,19-20H2,1-4H3,(H,28,31)(H,29,30)/b18-16+. The Morgan fingerprint density at radius 2 is 1.54 bits per heavy atom. The van der Waals surface area contributed by atoms with E-state index in [1.165, 1.54) is 0 Å². The van der Waals surface area contributed by atoms with Crippen LogP contribution >= 0.6 is 0 Å². The second kappa shape index (κ2) is 16.0. The van der Waals surface area contributed by atoms with Gasteiger partial charge in [0.1, 0.15) is 11.4 Å². The molecular weight excluding hydrogens is 494 g/mol. The second-order valence-corrected chi connectivity index (χ2v) is 10.8. The van der Waals surface area contributed by atoms with Crippen molar-refractivity contribution in [3.63, 3.8) is 0 Å². The maximum absolute atomic E-state index is 12.4. The van der Waals surface area contributed by atoms with Crippen molar-refractivity contribution in [3.8, 4) is 5.75 Å². The molecule has 2 aromatic carbocycles. The van der Waals surface area contributed by atoms with Gasteiger partial charge in [-0.2, -0.15) is 0 Å². The van der Waals surface area contributed by atoms with Gasteiger partial charge < -0.3 is 33.2 Å². The van der Waals surface area contributed by atoms with E-state index in [0.29, 0.717) is 45.7 Å². The monoisotopic (exact) mass is 533 g/mol. The molecule has 204 valence electrons. The summed E-state index contributed by atoms with van der Waals surface area (Å²) in [5, 5.41) is 13.6. The first kappa shape index (κ1) is 30.3. The Morgan fingerprint density at radius 1 is 0.919 bits per heavy atom. The Balaban J connectivity index is 1.85. The largest absolute Gasteiger partial charge is 0.524 e. The third-order valence-electron chi connectivity index (χ3n) is 5.52. The molecule has 0 saturated carbocycles. The van der Waals surface area contributed by atoms with E-state index < -0.39 is 26.5 Å². The van der Waals surface area contributed by atoms with Crippen LogP contribution in [-0.2, 0) is 22.8 Å². The summed E-state index contributed by atoms with van der Waals surface area (Å²) < 4.78 is 29.1. The number of carbonyl (C=O) groups is 2. The topological polar surface area (TPSA) is 113 Å². The van der Waals surface area contributed by atoms with E-state index in [0.717, 1.165) is 28.2 Å². The van der Waals surface area contributed by atoms with Crippen molar-refractivity contribution in [2.45, 2.75) is 52.6 Å². The van der Waals surface area contributed by atoms with Crippen LogP contribution in [0.5, 0.6) is 5.75 Å². The van der Waals surface area contributed by atoms with Crippen LogP contribution in [-0.4, -0.2) is 64.7 Å². The third kappa shape index (κ3) is 9.15. The molecule has 37 heavy (non-hydrogen) atoms. The number of amides is 1. The minimum absolute atomic E-state index is 0.248. The van der Waals surface area contributed by atoms with Gasteiger partial charge in [-0.25, -0.2) is 9.59 Å². The second-order valence-electron chi connectivity index (χ2n) is 8.07. The smallest absolute Gasteiger partial charge is 0.493 e. The van der Waals surface area contributed by atoms with Gasteiger partial charge in [-0.1, -0.05) is 37.3 Å². The molecule has 9 nitrogen and oxygen atoms in total. The zero-order valence-corrected chi connectivity index (χ0v) is 23.2. The molecule has 0 heterocycles. The van der Waals surface area contributed by atoms with E-state index >= 15 is 0 Å². The van der Waals surface area contributed by atoms with Gasteiger partial charge in [-0.3, -0.25) is 0 Å². The zero-order valence-electron chi connectivity index (χ0n) is 22.2. The van der Waals surface area contributed by atoms with Crippen LogP contribution < -0.4 is 10.1 Å². The highest BCUT2D eigenvalue weighted by atomic mass is 28.4. The Labute approximate surface area is 220 Å². The van der Waals surface area contributed by atoms with Crippen LogP contribution in [0, 0.1) is 0 Å². The number of rotatable bonds is 17. The number of carbonyl (C=O) groups excluding carboxylic acids is 1. The number of hydrogen-bond donors (Lipinski definition) is 2. The first-order valence-corrected chi connectivity index (χ1v) is 14.6. The number of unbranched alkanes of at least 4 members (excludes halogenated alkanes) is 1. The fraction of sp³-hybridized carbons (Fsp3) is 0.481. The van der Waals surface area contributed by atoms with Gasteiger partial charge in [-0.05, 0) is 63.1 Å². The van der Waals surface area contributed by atoms with Gasteiger partial charge in [0, 0.05) is 31.3 Å². The highest BCUT2D eigenvalue weighted by molar-refractivity contribution is 6.62. The number of carboxylic acids is 1. The van der Waals surface area contributed by atoms with Crippen molar-refractivity contribution in [3.05, 3.63) is 48.0 Å². The number of nitrogens with one attached hydrogen (secondary N) is 1. The minimum Gasteiger partial charge on any atom is -0.493 e. The first-order valence-electron chi connectivity index (χ1n) is 12.8. The first-order chi connectivity index (χ1) is 17.9. The Kier molecular flexibility index (Phi) is 13.1. The molecule has 1 amide bonds. The summed E-state index contributed by atoms with van der Waals surface area (Å²) in [6.45, 7) is 9.55. The maximum atomic E-state index is 12.4. The molecule has 1 atom stereocenters. The number of benzene rings is 2.